The van der Waals surface area contributed by atoms with Crippen LogP contribution in [-0.4, -0.2) is 31.1 Å². The summed E-state index contributed by atoms with van der Waals surface area (Å²) in [5.41, 5.74) is 1.05. The fourth-order valence-corrected chi connectivity index (χ4v) is 2.79. The third kappa shape index (κ3) is 4.79. The number of carbonyl (C=O) groups excluding carboxylic acids is 2. The summed E-state index contributed by atoms with van der Waals surface area (Å²) in [7, 11) is 0. The fourth-order valence-electron chi connectivity index (χ4n) is 2.79. The molecule has 1 aromatic rings. The first-order chi connectivity index (χ1) is 11.2. The molecule has 126 valence electrons. The number of ether oxygens (including phenoxy) is 1. The smallest absolute Gasteiger partial charge is 0.253 e. The maximum absolute atomic E-state index is 12.4. The topological polar surface area (TPSA) is 67.4 Å². The van der Waals surface area contributed by atoms with Gasteiger partial charge in [-0.25, -0.2) is 0 Å². The van der Waals surface area contributed by atoms with E-state index in [0.29, 0.717) is 17.8 Å². The molecular formula is C18H26N2O3. The highest BCUT2D eigenvalue weighted by atomic mass is 16.5. The summed E-state index contributed by atoms with van der Waals surface area (Å²) in [6.07, 6.45) is 3.70. The van der Waals surface area contributed by atoms with Crippen molar-refractivity contribution in [3.63, 3.8) is 0 Å². The van der Waals surface area contributed by atoms with E-state index in [4.69, 9.17) is 4.74 Å². The molecular weight excluding hydrogens is 292 g/mol. The van der Waals surface area contributed by atoms with Crippen LogP contribution in [0, 0.1) is 5.92 Å². The van der Waals surface area contributed by atoms with Gasteiger partial charge in [-0.3, -0.25) is 9.59 Å². The van der Waals surface area contributed by atoms with E-state index in [9.17, 15) is 9.59 Å². The van der Waals surface area contributed by atoms with Crippen molar-refractivity contribution in [1.82, 2.24) is 5.32 Å². The van der Waals surface area contributed by atoms with Crippen LogP contribution in [0.3, 0.4) is 0 Å². The molecule has 0 spiro atoms. The Balaban J connectivity index is 2.01. The minimum atomic E-state index is -0.180. The zero-order valence-corrected chi connectivity index (χ0v) is 13.9. The predicted octanol–water partition coefficient (Wildman–Crippen LogP) is 2.97. The molecule has 5 nitrogen and oxygen atoms in total. The van der Waals surface area contributed by atoms with Crippen molar-refractivity contribution in [1.29, 1.82) is 0 Å². The molecule has 0 radical (unpaired) electrons. The van der Waals surface area contributed by atoms with Gasteiger partial charge in [0.05, 0.1) is 17.4 Å². The molecule has 1 aromatic carbocycles. The number of amides is 2. The van der Waals surface area contributed by atoms with E-state index < -0.39 is 0 Å². The highest BCUT2D eigenvalue weighted by Gasteiger charge is 2.20. The first kappa shape index (κ1) is 17.5. The largest absolute Gasteiger partial charge is 0.376 e. The molecule has 1 saturated heterocycles. The van der Waals surface area contributed by atoms with E-state index in [1.54, 1.807) is 18.2 Å². The molecule has 0 bridgehead atoms. The van der Waals surface area contributed by atoms with E-state index in [1.807, 2.05) is 19.9 Å². The van der Waals surface area contributed by atoms with Crippen molar-refractivity contribution in [2.24, 2.45) is 5.92 Å². The minimum absolute atomic E-state index is 0.0296. The molecule has 2 N–H and O–H groups in total. The third-order valence-electron chi connectivity index (χ3n) is 4.30. The lowest BCUT2D eigenvalue weighted by atomic mass is 10.0. The van der Waals surface area contributed by atoms with E-state index in [-0.39, 0.29) is 23.8 Å². The van der Waals surface area contributed by atoms with E-state index >= 15 is 0 Å². The van der Waals surface area contributed by atoms with E-state index in [1.165, 1.54) is 0 Å². The molecule has 5 heteroatoms. The third-order valence-corrected chi connectivity index (χ3v) is 4.30. The van der Waals surface area contributed by atoms with Crippen molar-refractivity contribution in [2.75, 3.05) is 18.5 Å². The van der Waals surface area contributed by atoms with Crippen LogP contribution in [0.15, 0.2) is 24.3 Å². The Kier molecular flexibility index (Phi) is 6.59. The van der Waals surface area contributed by atoms with Gasteiger partial charge in [-0.05, 0) is 37.8 Å². The molecule has 0 aromatic heterocycles. The van der Waals surface area contributed by atoms with Crippen molar-refractivity contribution in [2.45, 2.75) is 45.6 Å². The summed E-state index contributed by atoms with van der Waals surface area (Å²) >= 11 is 0. The lowest BCUT2D eigenvalue weighted by Gasteiger charge is -2.16. The molecule has 0 aliphatic carbocycles. The van der Waals surface area contributed by atoms with Gasteiger partial charge in [0.2, 0.25) is 5.91 Å². The van der Waals surface area contributed by atoms with Gasteiger partial charge in [-0.2, -0.15) is 0 Å². The summed E-state index contributed by atoms with van der Waals surface area (Å²) in [4.78, 5) is 24.6. The number of para-hydroxylation sites is 1. The maximum Gasteiger partial charge on any atom is 0.253 e. The molecule has 23 heavy (non-hydrogen) atoms. The highest BCUT2D eigenvalue weighted by molar-refractivity contribution is 6.04. The summed E-state index contributed by atoms with van der Waals surface area (Å²) < 4.78 is 5.51. The lowest BCUT2D eigenvalue weighted by Crippen LogP contribution is -2.32. The molecule has 2 rings (SSSR count). The summed E-state index contributed by atoms with van der Waals surface area (Å²) in [5, 5.41) is 5.79. The minimum Gasteiger partial charge on any atom is -0.376 e. The second-order valence-electron chi connectivity index (χ2n) is 5.89. The van der Waals surface area contributed by atoms with Gasteiger partial charge in [0.1, 0.15) is 0 Å². The zero-order valence-electron chi connectivity index (χ0n) is 13.9. The van der Waals surface area contributed by atoms with Crippen LogP contribution in [0.2, 0.25) is 0 Å². The number of anilines is 1. The fraction of sp³-hybridized carbons (Fsp3) is 0.556. The van der Waals surface area contributed by atoms with Gasteiger partial charge < -0.3 is 15.4 Å². The van der Waals surface area contributed by atoms with Gasteiger partial charge in [-0.15, -0.1) is 0 Å². The Morgan fingerprint density at radius 2 is 2.00 bits per heavy atom. The van der Waals surface area contributed by atoms with Crippen molar-refractivity contribution in [3.8, 4) is 0 Å². The van der Waals surface area contributed by atoms with Crippen LogP contribution in [0.1, 0.15) is 49.9 Å². The summed E-state index contributed by atoms with van der Waals surface area (Å²) in [6, 6.07) is 7.11. The van der Waals surface area contributed by atoms with Crippen LogP contribution in [0.5, 0.6) is 0 Å². The van der Waals surface area contributed by atoms with Gasteiger partial charge in [0.15, 0.2) is 0 Å². The van der Waals surface area contributed by atoms with Crippen molar-refractivity contribution in [3.05, 3.63) is 29.8 Å². The van der Waals surface area contributed by atoms with Gasteiger partial charge in [0, 0.05) is 19.1 Å². The van der Waals surface area contributed by atoms with E-state index in [0.717, 1.165) is 32.3 Å². The second-order valence-corrected chi connectivity index (χ2v) is 5.89. The number of carbonyl (C=O) groups is 2. The van der Waals surface area contributed by atoms with E-state index in [2.05, 4.69) is 10.6 Å². The second kappa shape index (κ2) is 8.67. The monoisotopic (exact) mass is 318 g/mol. The number of hydrogen-bond donors (Lipinski definition) is 2. The number of benzene rings is 1. The van der Waals surface area contributed by atoms with Crippen LogP contribution < -0.4 is 10.6 Å². The average molecular weight is 318 g/mol. The normalized spacial score (nSPS) is 17.3. The number of hydrogen-bond acceptors (Lipinski definition) is 3. The van der Waals surface area contributed by atoms with Crippen LogP contribution >= 0.6 is 0 Å². The Morgan fingerprint density at radius 3 is 2.65 bits per heavy atom. The van der Waals surface area contributed by atoms with Crippen molar-refractivity contribution < 1.29 is 14.3 Å². The standard InChI is InChI=1S/C18H26N2O3/c1-3-13(4-2)17(21)20-16-10-6-5-9-15(16)18(22)19-12-14-8-7-11-23-14/h5-6,9-10,13-14H,3-4,7-8,11-12H2,1-2H3,(H,19,22)(H,20,21). The van der Waals surface area contributed by atoms with Crippen molar-refractivity contribution >= 4 is 17.5 Å². The molecule has 2 amide bonds. The SMILES string of the molecule is CCC(CC)C(=O)Nc1ccccc1C(=O)NCC1CCCO1. The highest BCUT2D eigenvalue weighted by Crippen LogP contribution is 2.18. The van der Waals surface area contributed by atoms with Gasteiger partial charge >= 0.3 is 0 Å². The molecule has 1 aliphatic rings. The van der Waals surface area contributed by atoms with Crippen LogP contribution in [0.4, 0.5) is 5.69 Å². The first-order valence-electron chi connectivity index (χ1n) is 8.45. The first-order valence-corrected chi connectivity index (χ1v) is 8.45. The molecule has 1 heterocycles. The quantitative estimate of drug-likeness (QED) is 0.812. The number of nitrogens with one attached hydrogen (secondary N) is 2. The Labute approximate surface area is 137 Å². The lowest BCUT2D eigenvalue weighted by molar-refractivity contribution is -0.120. The molecule has 1 unspecified atom stereocenters. The molecule has 1 aliphatic heterocycles. The average Bonchev–Trinajstić information content (AvgIpc) is 3.08. The molecule has 1 fully saturated rings. The van der Waals surface area contributed by atoms with Crippen LogP contribution in [-0.2, 0) is 9.53 Å². The predicted molar refractivity (Wildman–Crippen MR) is 90.5 cm³/mol. The van der Waals surface area contributed by atoms with Crippen LogP contribution in [0.25, 0.3) is 0 Å². The summed E-state index contributed by atoms with van der Waals surface area (Å²) in [6.45, 7) is 5.26. The Bertz CT molecular complexity index is 535. The van der Waals surface area contributed by atoms with Gasteiger partial charge in [-0.1, -0.05) is 26.0 Å². The maximum atomic E-state index is 12.4. The Hall–Kier alpha value is -1.88. The zero-order chi connectivity index (χ0) is 16.7. The summed E-state index contributed by atoms with van der Waals surface area (Å²) in [5.74, 6) is -0.242. The number of rotatable bonds is 7. The molecule has 1 atom stereocenters. The van der Waals surface area contributed by atoms with Gasteiger partial charge in [0.25, 0.3) is 5.91 Å². The Morgan fingerprint density at radius 1 is 1.26 bits per heavy atom. The molecule has 0 saturated carbocycles.